The molecule has 6 heteroatoms. The van der Waals surface area contributed by atoms with Gasteiger partial charge in [-0.1, -0.05) is 30.7 Å². The lowest BCUT2D eigenvalue weighted by molar-refractivity contribution is -0.145. The van der Waals surface area contributed by atoms with Crippen molar-refractivity contribution < 1.29 is 14.3 Å². The first-order valence-electron chi connectivity index (χ1n) is 11.7. The molecule has 0 aromatic heterocycles. The first-order valence-corrected chi connectivity index (χ1v) is 11.7. The highest BCUT2D eigenvalue weighted by atomic mass is 16.5. The first-order chi connectivity index (χ1) is 16.4. The number of esters is 1. The van der Waals surface area contributed by atoms with Gasteiger partial charge in [0, 0.05) is 30.0 Å². The average molecular weight is 458 g/mol. The maximum atomic E-state index is 13.1. The van der Waals surface area contributed by atoms with E-state index in [1.165, 1.54) is 0 Å². The van der Waals surface area contributed by atoms with Crippen LogP contribution < -0.4 is 9.80 Å². The molecule has 3 rings (SSSR count). The highest BCUT2D eigenvalue weighted by Crippen LogP contribution is 2.31. The second kappa shape index (κ2) is 11.9. The molecular weight excluding hydrogens is 426 g/mol. The van der Waals surface area contributed by atoms with Crippen LogP contribution in [0.15, 0.2) is 42.5 Å². The molecule has 0 heterocycles. The molecule has 1 saturated carbocycles. The molecule has 2 aromatic rings. The minimum Gasteiger partial charge on any atom is -0.466 e. The third kappa shape index (κ3) is 6.39. The van der Waals surface area contributed by atoms with Crippen LogP contribution in [0.5, 0.6) is 0 Å². The number of ether oxygens (including phenoxy) is 1. The van der Waals surface area contributed by atoms with Crippen molar-refractivity contribution in [2.75, 3.05) is 30.0 Å². The van der Waals surface area contributed by atoms with Crippen molar-refractivity contribution in [2.24, 2.45) is 0 Å². The SMILES string of the molecule is CCOC(=O)CC(=O)N(c1ccc(C#CCN(C)c2cccc(C#N)c2)cc1C)C1CCCC1. The van der Waals surface area contributed by atoms with Crippen molar-refractivity contribution in [1.29, 1.82) is 5.26 Å². The third-order valence-corrected chi connectivity index (χ3v) is 5.98. The number of anilines is 2. The van der Waals surface area contributed by atoms with Crippen LogP contribution >= 0.6 is 0 Å². The lowest BCUT2D eigenvalue weighted by atomic mass is 10.1. The highest BCUT2D eigenvalue weighted by Gasteiger charge is 2.30. The summed E-state index contributed by atoms with van der Waals surface area (Å²) < 4.78 is 4.99. The highest BCUT2D eigenvalue weighted by molar-refractivity contribution is 6.04. The first kappa shape index (κ1) is 24.9. The number of nitrogens with zero attached hydrogens (tertiary/aromatic N) is 3. The number of nitriles is 1. The van der Waals surface area contributed by atoms with E-state index in [-0.39, 0.29) is 25.0 Å². The minimum atomic E-state index is -0.486. The summed E-state index contributed by atoms with van der Waals surface area (Å²) >= 11 is 0. The zero-order valence-corrected chi connectivity index (χ0v) is 20.1. The van der Waals surface area contributed by atoms with Crippen LogP contribution in [0, 0.1) is 30.1 Å². The van der Waals surface area contributed by atoms with E-state index < -0.39 is 5.97 Å². The van der Waals surface area contributed by atoms with Crippen molar-refractivity contribution in [2.45, 2.75) is 52.0 Å². The van der Waals surface area contributed by atoms with Gasteiger partial charge in [0.2, 0.25) is 5.91 Å². The number of benzene rings is 2. The molecule has 1 aliphatic carbocycles. The number of hydrogen-bond acceptors (Lipinski definition) is 5. The number of carbonyl (C=O) groups is 2. The Hall–Kier alpha value is -3.77. The summed E-state index contributed by atoms with van der Waals surface area (Å²) in [6, 6.07) is 15.5. The Balaban J connectivity index is 1.75. The van der Waals surface area contributed by atoms with Crippen molar-refractivity contribution in [3.63, 3.8) is 0 Å². The summed E-state index contributed by atoms with van der Waals surface area (Å²) in [5.41, 5.74) is 4.20. The van der Waals surface area contributed by atoms with Gasteiger partial charge in [-0.3, -0.25) is 9.59 Å². The molecule has 0 unspecified atom stereocenters. The number of rotatable bonds is 7. The fraction of sp³-hybridized carbons (Fsp3) is 0.393. The lowest BCUT2D eigenvalue weighted by Gasteiger charge is -2.30. The molecule has 1 fully saturated rings. The molecular formula is C28H31N3O3. The molecule has 6 nitrogen and oxygen atoms in total. The minimum absolute atomic E-state index is 0.107. The fourth-order valence-corrected chi connectivity index (χ4v) is 4.29. The van der Waals surface area contributed by atoms with E-state index in [9.17, 15) is 9.59 Å². The summed E-state index contributed by atoms with van der Waals surface area (Å²) in [4.78, 5) is 28.8. The van der Waals surface area contributed by atoms with Crippen LogP contribution in [0.3, 0.4) is 0 Å². The molecule has 0 N–H and O–H groups in total. The second-order valence-corrected chi connectivity index (χ2v) is 8.51. The predicted molar refractivity (Wildman–Crippen MR) is 133 cm³/mol. The second-order valence-electron chi connectivity index (χ2n) is 8.51. The molecule has 0 spiro atoms. The number of hydrogen-bond donors (Lipinski definition) is 0. The third-order valence-electron chi connectivity index (χ3n) is 5.98. The van der Waals surface area contributed by atoms with Crippen molar-refractivity contribution in [3.05, 3.63) is 59.2 Å². The van der Waals surface area contributed by atoms with Gasteiger partial charge in [0.05, 0.1) is 24.8 Å². The smallest absolute Gasteiger partial charge is 0.315 e. The van der Waals surface area contributed by atoms with E-state index in [4.69, 9.17) is 10.00 Å². The molecule has 0 bridgehead atoms. The van der Waals surface area contributed by atoms with Gasteiger partial charge in [-0.25, -0.2) is 0 Å². The molecule has 0 saturated heterocycles. The summed E-state index contributed by atoms with van der Waals surface area (Å²) in [5, 5.41) is 9.08. The van der Waals surface area contributed by atoms with Crippen LogP contribution in [-0.4, -0.2) is 38.1 Å². The quantitative estimate of drug-likeness (QED) is 0.346. The normalized spacial score (nSPS) is 12.9. The molecule has 1 aliphatic rings. The van der Waals surface area contributed by atoms with E-state index in [1.54, 1.807) is 17.9 Å². The number of amides is 1. The maximum Gasteiger partial charge on any atom is 0.315 e. The van der Waals surface area contributed by atoms with Crippen LogP contribution in [0.25, 0.3) is 0 Å². The summed E-state index contributed by atoms with van der Waals surface area (Å²) in [7, 11) is 1.94. The van der Waals surface area contributed by atoms with Crippen LogP contribution in [0.4, 0.5) is 11.4 Å². The van der Waals surface area contributed by atoms with Crippen molar-refractivity contribution in [1.82, 2.24) is 0 Å². The monoisotopic (exact) mass is 457 g/mol. The van der Waals surface area contributed by atoms with E-state index in [0.29, 0.717) is 12.1 Å². The van der Waals surface area contributed by atoms with E-state index in [1.807, 2.05) is 55.3 Å². The van der Waals surface area contributed by atoms with Crippen LogP contribution in [-0.2, 0) is 14.3 Å². The van der Waals surface area contributed by atoms with Crippen molar-refractivity contribution >= 4 is 23.3 Å². The average Bonchev–Trinajstić information content (AvgIpc) is 3.35. The fourth-order valence-electron chi connectivity index (χ4n) is 4.29. The van der Waals surface area contributed by atoms with Gasteiger partial charge in [-0.05, 0) is 68.7 Å². The van der Waals surface area contributed by atoms with E-state index in [0.717, 1.165) is 48.2 Å². The largest absolute Gasteiger partial charge is 0.466 e. The Bertz CT molecular complexity index is 1130. The Morgan fingerprint density at radius 1 is 1.12 bits per heavy atom. The molecule has 0 radical (unpaired) electrons. The molecule has 34 heavy (non-hydrogen) atoms. The van der Waals surface area contributed by atoms with Gasteiger partial charge in [-0.15, -0.1) is 0 Å². The summed E-state index contributed by atoms with van der Waals surface area (Å²) in [6.07, 6.45) is 3.80. The maximum absolute atomic E-state index is 13.1. The molecule has 1 amide bonds. The van der Waals surface area contributed by atoms with Crippen LogP contribution in [0.2, 0.25) is 0 Å². The zero-order valence-electron chi connectivity index (χ0n) is 20.1. The van der Waals surface area contributed by atoms with Crippen LogP contribution in [0.1, 0.15) is 55.7 Å². The molecule has 0 aliphatic heterocycles. The number of aryl methyl sites for hydroxylation is 1. The van der Waals surface area contributed by atoms with E-state index in [2.05, 4.69) is 17.9 Å². The van der Waals surface area contributed by atoms with Crippen molar-refractivity contribution in [3.8, 4) is 17.9 Å². The molecule has 0 atom stereocenters. The van der Waals surface area contributed by atoms with E-state index >= 15 is 0 Å². The standard InChI is InChI=1S/C28H31N3O3/c1-4-34-28(33)19-27(32)31(24-11-5-6-12-24)26-15-14-22(17-21(26)2)10-8-16-30(3)25-13-7-9-23(18-25)20-29/h7,9,13-15,17-18,24H,4-6,11-12,16,19H2,1-3H3. The van der Waals surface area contributed by atoms with Gasteiger partial charge in [0.1, 0.15) is 6.42 Å². The predicted octanol–water partition coefficient (Wildman–Crippen LogP) is 4.58. The summed E-state index contributed by atoms with van der Waals surface area (Å²) in [6.45, 7) is 4.49. The Morgan fingerprint density at radius 2 is 1.88 bits per heavy atom. The van der Waals surface area contributed by atoms with Gasteiger partial charge in [0.15, 0.2) is 0 Å². The zero-order chi connectivity index (χ0) is 24.5. The Morgan fingerprint density at radius 3 is 2.56 bits per heavy atom. The lowest BCUT2D eigenvalue weighted by Crippen LogP contribution is -2.40. The Kier molecular flexibility index (Phi) is 8.71. The number of carbonyl (C=O) groups excluding carboxylic acids is 2. The molecule has 2 aromatic carbocycles. The van der Waals surface area contributed by atoms with Gasteiger partial charge >= 0.3 is 5.97 Å². The Labute approximate surface area is 202 Å². The van der Waals surface area contributed by atoms with Gasteiger partial charge < -0.3 is 14.5 Å². The summed E-state index contributed by atoms with van der Waals surface area (Å²) in [5.74, 6) is 5.68. The topological polar surface area (TPSA) is 73.6 Å². The van der Waals surface area contributed by atoms with Gasteiger partial charge in [-0.2, -0.15) is 5.26 Å². The van der Waals surface area contributed by atoms with Gasteiger partial charge in [0.25, 0.3) is 0 Å². The molecule has 176 valence electrons.